The first-order chi connectivity index (χ1) is 8.49. The molecule has 18 heavy (non-hydrogen) atoms. The number of nitrogens with zero attached hydrogens (tertiary/aromatic N) is 2. The van der Waals surface area contributed by atoms with E-state index < -0.39 is 0 Å². The summed E-state index contributed by atoms with van der Waals surface area (Å²) in [7, 11) is 0. The van der Waals surface area contributed by atoms with Crippen molar-refractivity contribution in [1.29, 1.82) is 0 Å². The Morgan fingerprint density at radius 1 is 1.33 bits per heavy atom. The monoisotopic (exact) mass is 247 g/mol. The van der Waals surface area contributed by atoms with Gasteiger partial charge in [-0.2, -0.15) is 0 Å². The van der Waals surface area contributed by atoms with Crippen LogP contribution in [0.4, 0.5) is 4.39 Å². The van der Waals surface area contributed by atoms with Crippen molar-refractivity contribution < 1.29 is 4.39 Å². The highest BCUT2D eigenvalue weighted by Crippen LogP contribution is 2.17. The summed E-state index contributed by atoms with van der Waals surface area (Å²) in [5, 5.41) is 0. The molecule has 0 aliphatic carbocycles. The van der Waals surface area contributed by atoms with Gasteiger partial charge < -0.3 is 10.3 Å². The largest absolute Gasteiger partial charge is 0.329 e. The quantitative estimate of drug-likeness (QED) is 0.906. The second-order valence-electron chi connectivity index (χ2n) is 4.78. The zero-order valence-electron chi connectivity index (χ0n) is 10.9. The van der Waals surface area contributed by atoms with Crippen LogP contribution in [0.15, 0.2) is 24.7 Å². The Balaban J connectivity index is 2.32. The highest BCUT2D eigenvalue weighted by molar-refractivity contribution is 5.30. The number of halogens is 1. The Hall–Kier alpha value is -1.68. The lowest BCUT2D eigenvalue weighted by Crippen LogP contribution is -2.12. The third-order valence-electron chi connectivity index (χ3n) is 3.06. The minimum absolute atomic E-state index is 0.0601. The molecule has 1 atom stereocenters. The smallest absolute Gasteiger partial charge is 0.129 e. The predicted molar refractivity (Wildman–Crippen MR) is 69.8 cm³/mol. The minimum atomic E-state index is -0.128. The van der Waals surface area contributed by atoms with Gasteiger partial charge >= 0.3 is 0 Å². The van der Waals surface area contributed by atoms with Gasteiger partial charge in [-0.3, -0.25) is 0 Å². The van der Waals surface area contributed by atoms with Crippen LogP contribution in [0.3, 0.4) is 0 Å². The van der Waals surface area contributed by atoms with E-state index >= 15 is 0 Å². The number of hydrogen-bond donors (Lipinski definition) is 1. The standard InChI is InChI=1S/C14H18FN3/c1-9-4-12(5-10(2)14(9)15)7-18-8-17-6-13(18)11(3)16/h4-6,8,11H,7,16H2,1-3H3/t11-/m1/s1. The van der Waals surface area contributed by atoms with Crippen LogP contribution in [0.2, 0.25) is 0 Å². The highest BCUT2D eigenvalue weighted by atomic mass is 19.1. The van der Waals surface area contributed by atoms with Crippen LogP contribution < -0.4 is 5.73 Å². The average molecular weight is 247 g/mol. The van der Waals surface area contributed by atoms with Gasteiger partial charge in [-0.25, -0.2) is 9.37 Å². The van der Waals surface area contributed by atoms with Crippen LogP contribution in [0, 0.1) is 19.7 Å². The van der Waals surface area contributed by atoms with Crippen molar-refractivity contribution in [2.75, 3.05) is 0 Å². The number of hydrogen-bond acceptors (Lipinski definition) is 2. The van der Waals surface area contributed by atoms with E-state index in [9.17, 15) is 4.39 Å². The summed E-state index contributed by atoms with van der Waals surface area (Å²) in [5.74, 6) is -0.128. The van der Waals surface area contributed by atoms with Gasteiger partial charge in [0.1, 0.15) is 5.82 Å². The summed E-state index contributed by atoms with van der Waals surface area (Å²) in [5.41, 5.74) is 9.27. The normalized spacial score (nSPS) is 12.7. The third kappa shape index (κ3) is 2.43. The average Bonchev–Trinajstić information content (AvgIpc) is 2.74. The fourth-order valence-corrected chi connectivity index (χ4v) is 2.17. The molecule has 2 N–H and O–H groups in total. The maximum Gasteiger partial charge on any atom is 0.129 e. The van der Waals surface area contributed by atoms with Gasteiger partial charge in [0.15, 0.2) is 0 Å². The SMILES string of the molecule is Cc1cc(Cn2cncc2[C@@H](C)N)cc(C)c1F. The van der Waals surface area contributed by atoms with E-state index in [1.807, 2.05) is 23.6 Å². The van der Waals surface area contributed by atoms with Crippen molar-refractivity contribution in [2.24, 2.45) is 5.73 Å². The summed E-state index contributed by atoms with van der Waals surface area (Å²) >= 11 is 0. The lowest BCUT2D eigenvalue weighted by molar-refractivity contribution is 0.606. The second kappa shape index (κ2) is 4.90. The van der Waals surface area contributed by atoms with Gasteiger partial charge in [0.05, 0.1) is 12.0 Å². The molecule has 0 fully saturated rings. The third-order valence-corrected chi connectivity index (χ3v) is 3.06. The molecule has 2 rings (SSSR count). The fourth-order valence-electron chi connectivity index (χ4n) is 2.17. The molecule has 0 saturated heterocycles. The molecule has 3 nitrogen and oxygen atoms in total. The first kappa shape index (κ1) is 12.8. The number of imidazole rings is 1. The molecule has 0 saturated carbocycles. The molecule has 96 valence electrons. The van der Waals surface area contributed by atoms with Crippen LogP contribution in [0.25, 0.3) is 0 Å². The van der Waals surface area contributed by atoms with Crippen LogP contribution in [-0.4, -0.2) is 9.55 Å². The Bertz CT molecular complexity index is 535. The van der Waals surface area contributed by atoms with E-state index in [0.29, 0.717) is 17.7 Å². The molecule has 0 spiro atoms. The molecule has 0 aliphatic rings. The maximum atomic E-state index is 13.6. The second-order valence-corrected chi connectivity index (χ2v) is 4.78. The molecule has 0 unspecified atom stereocenters. The van der Waals surface area contributed by atoms with E-state index in [4.69, 9.17) is 5.73 Å². The van der Waals surface area contributed by atoms with Crippen LogP contribution >= 0.6 is 0 Å². The Morgan fingerprint density at radius 3 is 2.50 bits per heavy atom. The first-order valence-corrected chi connectivity index (χ1v) is 6.00. The van der Waals surface area contributed by atoms with Gasteiger partial charge in [-0.15, -0.1) is 0 Å². The predicted octanol–water partition coefficient (Wildman–Crippen LogP) is 2.71. The lowest BCUT2D eigenvalue weighted by Gasteiger charge is -2.12. The lowest BCUT2D eigenvalue weighted by atomic mass is 10.1. The Morgan fingerprint density at radius 2 is 1.94 bits per heavy atom. The van der Waals surface area contributed by atoms with Gasteiger partial charge in [0, 0.05) is 18.8 Å². The minimum Gasteiger partial charge on any atom is -0.329 e. The number of rotatable bonds is 3. The highest BCUT2D eigenvalue weighted by Gasteiger charge is 2.09. The number of nitrogens with two attached hydrogens (primary N) is 1. The van der Waals surface area contributed by atoms with Crippen LogP contribution in [0.5, 0.6) is 0 Å². The summed E-state index contributed by atoms with van der Waals surface area (Å²) in [4.78, 5) is 4.11. The van der Waals surface area contributed by atoms with Crippen LogP contribution in [0.1, 0.15) is 35.3 Å². The maximum absolute atomic E-state index is 13.6. The van der Waals surface area contributed by atoms with Crippen molar-refractivity contribution in [3.63, 3.8) is 0 Å². The van der Waals surface area contributed by atoms with Crippen molar-refractivity contribution in [3.8, 4) is 0 Å². The molecule has 0 aliphatic heterocycles. The van der Waals surface area contributed by atoms with Crippen LogP contribution in [-0.2, 0) is 6.54 Å². The van der Waals surface area contributed by atoms with Gasteiger partial charge in [0.25, 0.3) is 0 Å². The van der Waals surface area contributed by atoms with Gasteiger partial charge in [-0.05, 0) is 37.5 Å². The Labute approximate surface area is 106 Å². The summed E-state index contributed by atoms with van der Waals surface area (Å²) in [6.07, 6.45) is 3.53. The van der Waals surface area contributed by atoms with E-state index in [1.54, 1.807) is 26.4 Å². The zero-order valence-corrected chi connectivity index (χ0v) is 10.9. The summed E-state index contributed by atoms with van der Waals surface area (Å²) in [6, 6.07) is 3.68. The summed E-state index contributed by atoms with van der Waals surface area (Å²) in [6.45, 7) is 6.16. The molecule has 0 amide bonds. The van der Waals surface area contributed by atoms with Crippen molar-refractivity contribution in [1.82, 2.24) is 9.55 Å². The van der Waals surface area contributed by atoms with Gasteiger partial charge in [0.2, 0.25) is 0 Å². The molecule has 0 radical (unpaired) electrons. The zero-order chi connectivity index (χ0) is 13.3. The van der Waals surface area contributed by atoms with E-state index in [0.717, 1.165) is 11.3 Å². The molecule has 1 aromatic heterocycles. The fraction of sp³-hybridized carbons (Fsp3) is 0.357. The van der Waals surface area contributed by atoms with E-state index in [1.165, 1.54) is 0 Å². The van der Waals surface area contributed by atoms with Gasteiger partial charge in [-0.1, -0.05) is 12.1 Å². The topological polar surface area (TPSA) is 43.8 Å². The van der Waals surface area contributed by atoms with E-state index in [2.05, 4.69) is 4.98 Å². The molecule has 1 heterocycles. The molecule has 4 heteroatoms. The number of aromatic nitrogens is 2. The number of benzene rings is 1. The van der Waals surface area contributed by atoms with Crippen molar-refractivity contribution >= 4 is 0 Å². The molecular weight excluding hydrogens is 229 g/mol. The molecule has 1 aromatic carbocycles. The van der Waals surface area contributed by atoms with Crippen molar-refractivity contribution in [2.45, 2.75) is 33.4 Å². The molecule has 2 aromatic rings. The molecule has 0 bridgehead atoms. The Kier molecular flexibility index (Phi) is 3.48. The summed E-state index contributed by atoms with van der Waals surface area (Å²) < 4.78 is 15.6. The first-order valence-electron chi connectivity index (χ1n) is 6.00. The number of aryl methyl sites for hydroxylation is 2. The van der Waals surface area contributed by atoms with Crippen molar-refractivity contribution in [3.05, 3.63) is 52.9 Å². The van der Waals surface area contributed by atoms with E-state index in [-0.39, 0.29) is 11.9 Å². The molecular formula is C14H18FN3.